The minimum atomic E-state index is 0.173. The van der Waals surface area contributed by atoms with E-state index in [1.807, 2.05) is 6.07 Å². The molecule has 5 aliphatic heterocycles. The molecule has 6 aromatic rings. The predicted octanol–water partition coefficient (Wildman–Crippen LogP) is 26.4. The van der Waals surface area contributed by atoms with Crippen molar-refractivity contribution in [1.29, 1.82) is 0 Å². The van der Waals surface area contributed by atoms with Crippen LogP contribution in [0, 0.1) is 16.2 Å². The summed E-state index contributed by atoms with van der Waals surface area (Å²) in [5, 5.41) is 0. The molecule has 5 fully saturated rings. The Morgan fingerprint density at radius 3 is 0.798 bits per heavy atom. The number of piperazine rings is 3. The average Bonchev–Trinajstić information content (AvgIpc) is 0.730. The lowest BCUT2D eigenvalue weighted by Crippen LogP contribution is -2.74. The lowest BCUT2D eigenvalue weighted by atomic mass is 9.71. The number of hydrogen-bond donors (Lipinski definition) is 0. The van der Waals surface area contributed by atoms with Crippen LogP contribution in [0.4, 0.5) is 0 Å². The third-order valence-corrected chi connectivity index (χ3v) is 26.0. The van der Waals surface area contributed by atoms with Crippen molar-refractivity contribution >= 4 is 0 Å². The standard InChI is InChI=1S/C21H34N2O.2C21H36N2O.C19H32N2.2C17H28O/c1-19(2,3)17-8-7-9-18(12-17)24-11-10-22-13-21(14-22)15-23(16-21)20(4,5)6;1-20(2,3)18-8-10-19(11-9-18)24-17-7-12-22-13-15-23(16-14-22)21(4,5)6;1-20(2,3)18-9-7-10-19(17-18)24-16-8-11-22-12-14-23(15-13-22)21(4,5)6;1-18(2,3)17-9-7-8-16(14-17)15-20-10-12-21(13-11-20)19(4,5)6;1-16(2,3)12-7-13-18-15-10-8-14(9-11-15)17(4,5)6;1-16(2,3)11-8-12-18-15-10-7-9-14(13-15)17(4,5)6/h7-9,12H,10-11,13-16H2,1-6H3;8-11H,7,12-17H2,1-6H3;7,9-10,17H,8,11-16H2,1-6H3;7-9,14H,10-13,15H2,1-6H3;8-11H,7,12-13H2,1-6H3;7,9-10,13H,8,11-12H2,1-6H3. The number of ether oxygens (including phenoxy) is 5. The van der Waals surface area contributed by atoms with E-state index >= 15 is 0 Å². The summed E-state index contributed by atoms with van der Waals surface area (Å²) in [5.41, 5.74) is 13.4. The first-order valence-corrected chi connectivity index (χ1v) is 50.1. The van der Waals surface area contributed by atoms with Gasteiger partial charge in [-0.25, -0.2) is 0 Å². The Bertz CT molecular complexity index is 4120. The molecule has 6 aromatic carbocycles. The molecule has 0 amide bonds. The van der Waals surface area contributed by atoms with Gasteiger partial charge in [0.1, 0.15) is 35.4 Å². The molecule has 1 spiro atoms. The highest BCUT2D eigenvalue weighted by Gasteiger charge is 2.53. The zero-order valence-corrected chi connectivity index (χ0v) is 89.9. The fraction of sp³-hybridized carbons (Fsp3) is 0.690. The zero-order chi connectivity index (χ0) is 96.5. The number of nitrogens with zero attached hydrogens (tertiary/aromatic N) is 8. The summed E-state index contributed by atoms with van der Waals surface area (Å²) in [5.74, 6) is 4.97. The van der Waals surface area contributed by atoms with Gasteiger partial charge in [-0.1, -0.05) is 251 Å². The van der Waals surface area contributed by atoms with E-state index in [9.17, 15) is 0 Å². The predicted molar refractivity (Wildman–Crippen MR) is 557 cm³/mol. The second kappa shape index (κ2) is 48.5. The molecule has 0 aromatic heterocycles. The van der Waals surface area contributed by atoms with E-state index in [2.05, 4.69) is 428 Å². The zero-order valence-electron chi connectivity index (χ0n) is 89.9. The van der Waals surface area contributed by atoms with Crippen LogP contribution in [0.1, 0.15) is 327 Å². The van der Waals surface area contributed by atoms with Gasteiger partial charge in [0, 0.05) is 158 Å². The first-order valence-electron chi connectivity index (χ1n) is 50.1. The van der Waals surface area contributed by atoms with Crippen molar-refractivity contribution in [3.05, 3.63) is 185 Å². The van der Waals surface area contributed by atoms with Gasteiger partial charge in [0.2, 0.25) is 0 Å². The molecule has 0 radical (unpaired) electrons. The van der Waals surface area contributed by atoms with E-state index in [1.165, 1.54) is 157 Å². The van der Waals surface area contributed by atoms with E-state index in [0.29, 0.717) is 38.4 Å². The molecule has 0 saturated carbocycles. The number of hydrogen-bond acceptors (Lipinski definition) is 13. The number of benzene rings is 6. The molecule has 5 saturated heterocycles. The highest BCUT2D eigenvalue weighted by molar-refractivity contribution is 5.37. The Balaban J connectivity index is 0.000000240. The van der Waals surface area contributed by atoms with Crippen molar-refractivity contribution in [2.45, 2.75) is 349 Å². The average molecular weight is 1780 g/mol. The highest BCUT2D eigenvalue weighted by Crippen LogP contribution is 2.43. The molecular weight excluding hydrogens is 1590 g/mol. The quantitative estimate of drug-likeness (QED) is 0.0541. The van der Waals surface area contributed by atoms with Crippen LogP contribution in [-0.2, 0) is 39.0 Å². The summed E-state index contributed by atoms with van der Waals surface area (Å²) in [6.07, 6.45) is 6.82. The highest BCUT2D eigenvalue weighted by atomic mass is 16.5. The van der Waals surface area contributed by atoms with E-state index in [-0.39, 0.29) is 32.5 Å². The third-order valence-electron chi connectivity index (χ3n) is 26.0. The van der Waals surface area contributed by atoms with Gasteiger partial charge in [0.25, 0.3) is 0 Å². The molecule has 0 aliphatic carbocycles. The SMILES string of the molecule is CC(C)(C)CCCOc1ccc(C(C)(C)C)cc1.CC(C)(C)CCCOc1cccc(C(C)(C)C)c1.CC(C)(C)c1ccc(OCCCN2CCN(C(C)(C)C)CC2)cc1.CC(C)(C)c1cccc(CN2CCN(C(C)(C)C)CC2)c1.CC(C)(C)c1cccc(OCCCN2CCN(C(C)(C)C)CC2)c1.CC(C)(C)c1cccc(OCCN2CC3(C2)CN(C(C)(C)C)C3)c1. The molecule has 129 heavy (non-hydrogen) atoms. The summed E-state index contributed by atoms with van der Waals surface area (Å²) in [7, 11) is 0. The molecular formula is C116H194N8O5. The van der Waals surface area contributed by atoms with Crippen LogP contribution in [-0.4, -0.2) is 219 Å². The molecule has 0 atom stereocenters. The molecule has 13 heteroatoms. The Hall–Kier alpha value is -6.00. The van der Waals surface area contributed by atoms with Crippen molar-refractivity contribution in [3.8, 4) is 28.7 Å². The molecule has 728 valence electrons. The van der Waals surface area contributed by atoms with Crippen molar-refractivity contribution in [3.63, 3.8) is 0 Å². The topological polar surface area (TPSA) is 72.1 Å². The molecule has 13 nitrogen and oxygen atoms in total. The second-order valence-electron chi connectivity index (χ2n) is 50.8. The van der Waals surface area contributed by atoms with Crippen molar-refractivity contribution in [2.75, 3.05) is 157 Å². The molecule has 5 aliphatic rings. The Kier molecular flexibility index (Phi) is 42.0. The van der Waals surface area contributed by atoms with E-state index in [4.69, 9.17) is 23.7 Å². The molecule has 11 rings (SSSR count). The normalized spacial score (nSPS) is 17.2. The summed E-state index contributed by atoms with van der Waals surface area (Å²) < 4.78 is 29.5. The van der Waals surface area contributed by atoms with Crippen molar-refractivity contribution < 1.29 is 23.7 Å². The van der Waals surface area contributed by atoms with Gasteiger partial charge >= 0.3 is 0 Å². The summed E-state index contributed by atoms with van der Waals surface area (Å²) in [6, 6.07) is 51.7. The molecule has 0 bridgehead atoms. The molecule has 5 heterocycles. The Morgan fingerprint density at radius 1 is 0.233 bits per heavy atom. The molecule has 0 unspecified atom stereocenters. The van der Waals surface area contributed by atoms with E-state index < -0.39 is 0 Å². The van der Waals surface area contributed by atoms with Gasteiger partial charge in [-0.15, -0.1) is 0 Å². The van der Waals surface area contributed by atoms with E-state index in [0.717, 1.165) is 114 Å². The lowest BCUT2D eigenvalue weighted by molar-refractivity contribution is -0.145. The van der Waals surface area contributed by atoms with Crippen LogP contribution < -0.4 is 23.7 Å². The number of likely N-dealkylation sites (tertiary alicyclic amines) is 2. The van der Waals surface area contributed by atoms with Crippen LogP contribution in [0.2, 0.25) is 0 Å². The maximum absolute atomic E-state index is 5.99. The van der Waals surface area contributed by atoms with Crippen LogP contribution in [0.3, 0.4) is 0 Å². The monoisotopic (exact) mass is 1780 g/mol. The molecule has 0 N–H and O–H groups in total. The smallest absolute Gasteiger partial charge is 0.119 e. The van der Waals surface area contributed by atoms with Crippen molar-refractivity contribution in [1.82, 2.24) is 39.2 Å². The van der Waals surface area contributed by atoms with Crippen LogP contribution >= 0.6 is 0 Å². The first kappa shape index (κ1) is 112. The third kappa shape index (κ3) is 42.2. The summed E-state index contributed by atoms with van der Waals surface area (Å²) >= 11 is 0. The van der Waals surface area contributed by atoms with Crippen LogP contribution in [0.25, 0.3) is 0 Å². The van der Waals surface area contributed by atoms with Gasteiger partial charge < -0.3 is 33.5 Å². The fourth-order valence-corrected chi connectivity index (χ4v) is 16.8. The first-order chi connectivity index (χ1) is 59.4. The summed E-state index contributed by atoms with van der Waals surface area (Å²) in [6.45, 7) is 109. The maximum Gasteiger partial charge on any atom is 0.119 e. The van der Waals surface area contributed by atoms with Gasteiger partial charge in [-0.2, -0.15) is 0 Å². The maximum atomic E-state index is 5.99. The van der Waals surface area contributed by atoms with Gasteiger partial charge in [0.15, 0.2) is 0 Å². The number of rotatable bonds is 24. The van der Waals surface area contributed by atoms with Gasteiger partial charge in [0.05, 0.1) is 26.4 Å². The lowest BCUT2D eigenvalue weighted by Gasteiger charge is -2.63. The van der Waals surface area contributed by atoms with Crippen LogP contribution in [0.15, 0.2) is 146 Å². The van der Waals surface area contributed by atoms with Gasteiger partial charge in [-0.3, -0.25) is 29.4 Å². The Labute approximate surface area is 794 Å². The minimum absolute atomic E-state index is 0.173. The van der Waals surface area contributed by atoms with Crippen molar-refractivity contribution in [2.24, 2.45) is 16.2 Å². The van der Waals surface area contributed by atoms with Crippen LogP contribution in [0.5, 0.6) is 28.7 Å². The van der Waals surface area contributed by atoms with Gasteiger partial charge in [-0.05, 0) is 265 Å². The minimum Gasteiger partial charge on any atom is -0.494 e. The fourth-order valence-electron chi connectivity index (χ4n) is 16.8. The Morgan fingerprint density at radius 2 is 0.504 bits per heavy atom. The largest absolute Gasteiger partial charge is 0.494 e. The summed E-state index contributed by atoms with van der Waals surface area (Å²) in [4.78, 5) is 20.6. The van der Waals surface area contributed by atoms with E-state index in [1.54, 1.807) is 0 Å². The second-order valence-corrected chi connectivity index (χ2v) is 50.8.